The fraction of sp³-hybridized carbons (Fsp3) is 0.875. The predicted molar refractivity (Wildman–Crippen MR) is 49.5 cm³/mol. The van der Waals surface area contributed by atoms with Gasteiger partial charge in [0.1, 0.15) is 0 Å². The molecule has 0 aliphatic rings. The lowest BCUT2D eigenvalue weighted by Crippen LogP contribution is -2.30. The number of likely N-dealkylation sites (N-methyl/N-ethyl adjacent to an activating group) is 1. The normalized spacial score (nSPS) is 9.92. The Balaban J connectivity index is 3.42. The van der Waals surface area contributed by atoms with Gasteiger partial charge in [-0.1, -0.05) is 0 Å². The third-order valence-electron chi connectivity index (χ3n) is 1.51. The molecule has 0 spiro atoms. The molecule has 0 fully saturated rings. The predicted octanol–water partition coefficient (Wildman–Crippen LogP) is 1.11. The lowest BCUT2D eigenvalue weighted by molar-refractivity contribution is -0.130. The summed E-state index contributed by atoms with van der Waals surface area (Å²) in [6.07, 6.45) is 0.407. The van der Waals surface area contributed by atoms with E-state index in [1.165, 1.54) is 0 Å². The van der Waals surface area contributed by atoms with Crippen molar-refractivity contribution < 1.29 is 9.53 Å². The molecule has 0 N–H and O–H groups in total. The number of alkyl halides is 1. The molecule has 0 radical (unpaired) electrons. The van der Waals surface area contributed by atoms with E-state index in [1.54, 1.807) is 11.9 Å². The summed E-state index contributed by atoms with van der Waals surface area (Å²) in [6.45, 7) is 3.86. The zero-order chi connectivity index (χ0) is 9.40. The molecule has 0 saturated carbocycles. The van der Waals surface area contributed by atoms with Gasteiger partial charge < -0.3 is 9.64 Å². The quantitative estimate of drug-likeness (QED) is 0.467. The second kappa shape index (κ2) is 7.37. The molecule has 0 rings (SSSR count). The first-order valence-corrected chi connectivity index (χ1v) is 4.63. The Morgan fingerprint density at radius 3 is 2.75 bits per heavy atom. The van der Waals surface area contributed by atoms with Gasteiger partial charge in [0.25, 0.3) is 0 Å². The first kappa shape index (κ1) is 11.7. The summed E-state index contributed by atoms with van der Waals surface area (Å²) in [6, 6.07) is 0. The van der Waals surface area contributed by atoms with Crippen molar-refractivity contribution in [1.29, 1.82) is 0 Å². The second-order valence-corrected chi connectivity index (χ2v) is 2.83. The van der Waals surface area contributed by atoms with Crippen molar-refractivity contribution in [3.63, 3.8) is 0 Å². The summed E-state index contributed by atoms with van der Waals surface area (Å²) in [5.74, 6) is 0.461. The summed E-state index contributed by atoms with van der Waals surface area (Å²) < 4.78 is 5.11. The van der Waals surface area contributed by atoms with E-state index in [2.05, 4.69) is 0 Å². The highest BCUT2D eigenvalue weighted by molar-refractivity contribution is 6.18. The fourth-order valence-electron chi connectivity index (χ4n) is 0.742. The molecule has 4 heteroatoms. The molecule has 0 bridgehead atoms. The molecular formula is C8H16ClNO2. The zero-order valence-corrected chi connectivity index (χ0v) is 8.43. The Kier molecular flexibility index (Phi) is 7.20. The van der Waals surface area contributed by atoms with Gasteiger partial charge in [-0.15, -0.1) is 11.6 Å². The van der Waals surface area contributed by atoms with E-state index in [1.807, 2.05) is 6.92 Å². The van der Waals surface area contributed by atoms with Crippen molar-refractivity contribution in [3.05, 3.63) is 0 Å². The zero-order valence-electron chi connectivity index (χ0n) is 7.68. The highest BCUT2D eigenvalue weighted by atomic mass is 35.5. The van der Waals surface area contributed by atoms with Crippen LogP contribution in [0.3, 0.4) is 0 Å². The van der Waals surface area contributed by atoms with Gasteiger partial charge in [0.2, 0.25) is 5.91 Å². The molecule has 72 valence electrons. The number of amides is 1. The molecule has 0 saturated heterocycles. The minimum Gasteiger partial charge on any atom is -0.380 e. The molecule has 0 atom stereocenters. The van der Waals surface area contributed by atoms with Crippen LogP contribution in [-0.2, 0) is 9.53 Å². The number of ether oxygens (including phenoxy) is 1. The third kappa shape index (κ3) is 5.38. The van der Waals surface area contributed by atoms with E-state index < -0.39 is 0 Å². The van der Waals surface area contributed by atoms with Crippen LogP contribution in [0.5, 0.6) is 0 Å². The van der Waals surface area contributed by atoms with Crippen LogP contribution in [0.1, 0.15) is 13.3 Å². The molecule has 3 nitrogen and oxygen atoms in total. The van der Waals surface area contributed by atoms with E-state index in [9.17, 15) is 4.79 Å². The standard InChI is InChI=1S/C8H16ClNO2/c1-3-12-7-6-10(2)8(11)4-5-9/h3-7H2,1-2H3. The highest BCUT2D eigenvalue weighted by Crippen LogP contribution is 1.92. The fourth-order valence-corrected chi connectivity index (χ4v) is 0.904. The van der Waals surface area contributed by atoms with E-state index in [4.69, 9.17) is 16.3 Å². The maximum absolute atomic E-state index is 11.1. The molecule has 0 aromatic carbocycles. The molecule has 1 amide bonds. The maximum atomic E-state index is 11.1. The molecule has 0 heterocycles. The Bertz CT molecular complexity index is 130. The summed E-state index contributed by atoms with van der Waals surface area (Å²) in [5, 5.41) is 0. The SMILES string of the molecule is CCOCCN(C)C(=O)CCCl. The van der Waals surface area contributed by atoms with Crippen molar-refractivity contribution in [2.45, 2.75) is 13.3 Å². The second-order valence-electron chi connectivity index (χ2n) is 2.45. The van der Waals surface area contributed by atoms with Gasteiger partial charge in [-0.3, -0.25) is 4.79 Å². The third-order valence-corrected chi connectivity index (χ3v) is 1.70. The maximum Gasteiger partial charge on any atom is 0.223 e. The average molecular weight is 194 g/mol. The van der Waals surface area contributed by atoms with Crippen LogP contribution in [0.4, 0.5) is 0 Å². The number of hydrogen-bond acceptors (Lipinski definition) is 2. The molecule has 0 aliphatic heterocycles. The van der Waals surface area contributed by atoms with Crippen LogP contribution in [0.2, 0.25) is 0 Å². The first-order valence-electron chi connectivity index (χ1n) is 4.10. The van der Waals surface area contributed by atoms with Crippen molar-refractivity contribution in [2.24, 2.45) is 0 Å². The van der Waals surface area contributed by atoms with Crippen LogP contribution < -0.4 is 0 Å². The smallest absolute Gasteiger partial charge is 0.223 e. The van der Waals surface area contributed by atoms with Gasteiger partial charge in [-0.05, 0) is 6.92 Å². The number of rotatable bonds is 6. The van der Waals surface area contributed by atoms with Gasteiger partial charge in [-0.2, -0.15) is 0 Å². The number of halogens is 1. The van der Waals surface area contributed by atoms with Crippen molar-refractivity contribution >= 4 is 17.5 Å². The summed E-state index contributed by atoms with van der Waals surface area (Å²) >= 11 is 5.42. The van der Waals surface area contributed by atoms with Gasteiger partial charge in [0.15, 0.2) is 0 Å². The lowest BCUT2D eigenvalue weighted by atomic mass is 10.4. The number of hydrogen-bond donors (Lipinski definition) is 0. The van der Waals surface area contributed by atoms with Crippen LogP contribution in [0, 0.1) is 0 Å². The van der Waals surface area contributed by atoms with Crippen LogP contribution in [0.15, 0.2) is 0 Å². The Labute approximate surface area is 78.6 Å². The number of nitrogens with zero attached hydrogens (tertiary/aromatic N) is 1. The van der Waals surface area contributed by atoms with E-state index in [-0.39, 0.29) is 5.91 Å². The van der Waals surface area contributed by atoms with Crippen molar-refractivity contribution in [3.8, 4) is 0 Å². The Morgan fingerprint density at radius 1 is 1.58 bits per heavy atom. The summed E-state index contributed by atoms with van der Waals surface area (Å²) in [4.78, 5) is 12.8. The van der Waals surface area contributed by atoms with Gasteiger partial charge in [0.05, 0.1) is 6.61 Å². The topological polar surface area (TPSA) is 29.5 Å². The molecule has 0 aliphatic carbocycles. The van der Waals surface area contributed by atoms with Crippen molar-refractivity contribution in [1.82, 2.24) is 4.90 Å². The molecule has 0 aromatic rings. The van der Waals surface area contributed by atoms with E-state index >= 15 is 0 Å². The molecule has 12 heavy (non-hydrogen) atoms. The highest BCUT2D eigenvalue weighted by Gasteiger charge is 2.06. The van der Waals surface area contributed by atoms with Gasteiger partial charge in [-0.25, -0.2) is 0 Å². The summed E-state index contributed by atoms with van der Waals surface area (Å²) in [7, 11) is 1.76. The molecule has 0 unspecified atom stereocenters. The lowest BCUT2D eigenvalue weighted by Gasteiger charge is -2.15. The first-order chi connectivity index (χ1) is 5.72. The minimum atomic E-state index is 0.0738. The monoisotopic (exact) mass is 193 g/mol. The molecule has 0 aromatic heterocycles. The minimum absolute atomic E-state index is 0.0738. The van der Waals surface area contributed by atoms with Crippen LogP contribution in [-0.4, -0.2) is 43.5 Å². The van der Waals surface area contributed by atoms with E-state index in [0.29, 0.717) is 32.1 Å². The van der Waals surface area contributed by atoms with E-state index in [0.717, 1.165) is 0 Å². The number of carbonyl (C=O) groups excluding carboxylic acids is 1. The molecular weight excluding hydrogens is 178 g/mol. The largest absolute Gasteiger partial charge is 0.380 e. The number of carbonyl (C=O) groups is 1. The van der Waals surface area contributed by atoms with Crippen LogP contribution >= 0.6 is 11.6 Å². The van der Waals surface area contributed by atoms with Gasteiger partial charge in [0, 0.05) is 32.5 Å². The Morgan fingerprint density at radius 2 is 2.25 bits per heavy atom. The Hall–Kier alpha value is -0.280. The summed E-state index contributed by atoms with van der Waals surface area (Å²) in [5.41, 5.74) is 0. The average Bonchev–Trinajstić information content (AvgIpc) is 2.05. The van der Waals surface area contributed by atoms with Gasteiger partial charge >= 0.3 is 0 Å². The van der Waals surface area contributed by atoms with Crippen molar-refractivity contribution in [2.75, 3.05) is 32.7 Å². The van der Waals surface area contributed by atoms with Crippen LogP contribution in [0.25, 0.3) is 0 Å².